The number of aromatic nitrogens is 3. The summed E-state index contributed by atoms with van der Waals surface area (Å²) in [6.07, 6.45) is 4.80. The Kier molecular flexibility index (Phi) is 6.05. The van der Waals surface area contributed by atoms with Gasteiger partial charge in [-0.15, -0.1) is 11.3 Å². The van der Waals surface area contributed by atoms with Crippen LogP contribution >= 0.6 is 23.1 Å². The SMILES string of the molecule is CCCn1ccnc1SCc1csc(N(C(C)=O)c2ccccc2F)n1. The number of nitrogens with zero attached hydrogens (tertiary/aromatic N) is 4. The van der Waals surface area contributed by atoms with E-state index in [9.17, 15) is 9.18 Å². The fourth-order valence-corrected chi connectivity index (χ4v) is 4.35. The molecule has 0 saturated carbocycles. The van der Waals surface area contributed by atoms with E-state index in [-0.39, 0.29) is 11.6 Å². The number of rotatable bonds is 7. The predicted octanol–water partition coefficient (Wildman–Crippen LogP) is 4.87. The van der Waals surface area contributed by atoms with Crippen LogP contribution in [0.4, 0.5) is 15.2 Å². The van der Waals surface area contributed by atoms with Crippen LogP contribution in [-0.4, -0.2) is 20.4 Å². The molecule has 0 unspecified atom stereocenters. The molecule has 0 radical (unpaired) electrons. The van der Waals surface area contributed by atoms with Crippen molar-refractivity contribution in [3.05, 3.63) is 53.6 Å². The number of anilines is 2. The maximum atomic E-state index is 14.1. The molecule has 0 aliphatic rings. The quantitative estimate of drug-likeness (QED) is 0.540. The van der Waals surface area contributed by atoms with E-state index in [0.717, 1.165) is 23.8 Å². The smallest absolute Gasteiger partial charge is 0.230 e. The molecule has 2 aromatic heterocycles. The fourth-order valence-electron chi connectivity index (χ4n) is 2.49. The number of carbonyl (C=O) groups excluding carboxylic acids is 1. The molecule has 3 rings (SSSR count). The summed E-state index contributed by atoms with van der Waals surface area (Å²) in [5.74, 6) is -0.0854. The molecule has 2 heterocycles. The standard InChI is InChI=1S/C18H19FN4OS2/c1-3-9-22-10-8-20-17(22)25-11-14-12-26-18(21-14)23(13(2)24)16-7-5-4-6-15(16)19/h4-8,10,12H,3,9,11H2,1-2H3. The van der Waals surface area contributed by atoms with E-state index in [0.29, 0.717) is 10.9 Å². The van der Waals surface area contributed by atoms with Gasteiger partial charge in [-0.1, -0.05) is 30.8 Å². The summed E-state index contributed by atoms with van der Waals surface area (Å²) in [5, 5.41) is 3.31. The number of thiazole rings is 1. The molecule has 8 heteroatoms. The predicted molar refractivity (Wildman–Crippen MR) is 103 cm³/mol. The summed E-state index contributed by atoms with van der Waals surface area (Å²) < 4.78 is 16.2. The van der Waals surface area contributed by atoms with E-state index in [1.54, 1.807) is 36.2 Å². The van der Waals surface area contributed by atoms with E-state index in [1.807, 2.05) is 11.6 Å². The first kappa shape index (κ1) is 18.6. The van der Waals surface area contributed by atoms with Gasteiger partial charge in [-0.05, 0) is 18.6 Å². The van der Waals surface area contributed by atoms with Crippen molar-refractivity contribution in [1.29, 1.82) is 0 Å². The van der Waals surface area contributed by atoms with Crippen LogP contribution in [0, 0.1) is 5.82 Å². The first-order chi connectivity index (χ1) is 12.6. The third-order valence-electron chi connectivity index (χ3n) is 3.63. The van der Waals surface area contributed by atoms with Crippen molar-refractivity contribution in [2.24, 2.45) is 0 Å². The van der Waals surface area contributed by atoms with Gasteiger partial charge in [0, 0.05) is 37.0 Å². The van der Waals surface area contributed by atoms with Crippen molar-refractivity contribution < 1.29 is 9.18 Å². The van der Waals surface area contributed by atoms with Gasteiger partial charge in [-0.25, -0.2) is 14.4 Å². The molecule has 26 heavy (non-hydrogen) atoms. The minimum Gasteiger partial charge on any atom is -0.326 e. The van der Waals surface area contributed by atoms with Gasteiger partial charge in [-0.2, -0.15) is 0 Å². The van der Waals surface area contributed by atoms with Crippen molar-refractivity contribution in [2.75, 3.05) is 4.90 Å². The zero-order valence-electron chi connectivity index (χ0n) is 14.6. The highest BCUT2D eigenvalue weighted by Gasteiger charge is 2.21. The molecule has 1 amide bonds. The summed E-state index contributed by atoms with van der Waals surface area (Å²) >= 11 is 2.93. The van der Waals surface area contributed by atoms with Crippen LogP contribution in [0.3, 0.4) is 0 Å². The number of amides is 1. The minimum absolute atomic E-state index is 0.215. The van der Waals surface area contributed by atoms with E-state index in [2.05, 4.69) is 21.5 Å². The van der Waals surface area contributed by atoms with Crippen molar-refractivity contribution in [2.45, 2.75) is 37.7 Å². The zero-order valence-corrected chi connectivity index (χ0v) is 16.2. The first-order valence-corrected chi connectivity index (χ1v) is 10.1. The maximum Gasteiger partial charge on any atom is 0.230 e. The molecule has 0 N–H and O–H groups in total. The molecule has 0 bridgehead atoms. The van der Waals surface area contributed by atoms with Crippen LogP contribution in [0.5, 0.6) is 0 Å². The summed E-state index contributed by atoms with van der Waals surface area (Å²) in [4.78, 5) is 22.3. The zero-order chi connectivity index (χ0) is 18.5. The van der Waals surface area contributed by atoms with E-state index >= 15 is 0 Å². The molecular weight excluding hydrogens is 371 g/mol. The van der Waals surface area contributed by atoms with Gasteiger partial charge in [0.1, 0.15) is 5.82 Å². The molecule has 136 valence electrons. The fraction of sp³-hybridized carbons (Fsp3) is 0.278. The summed E-state index contributed by atoms with van der Waals surface area (Å²) in [7, 11) is 0. The van der Waals surface area contributed by atoms with Gasteiger partial charge in [-0.3, -0.25) is 9.69 Å². The number of hydrogen-bond donors (Lipinski definition) is 0. The van der Waals surface area contributed by atoms with E-state index < -0.39 is 5.82 Å². The van der Waals surface area contributed by atoms with Crippen LogP contribution in [0.15, 0.2) is 47.2 Å². The molecule has 5 nitrogen and oxygen atoms in total. The number of hydrogen-bond acceptors (Lipinski definition) is 5. The average Bonchev–Trinajstić information content (AvgIpc) is 3.25. The van der Waals surface area contributed by atoms with Gasteiger partial charge in [0.05, 0.1) is 11.4 Å². The number of carbonyl (C=O) groups is 1. The van der Waals surface area contributed by atoms with Gasteiger partial charge >= 0.3 is 0 Å². The molecule has 0 aliphatic heterocycles. The van der Waals surface area contributed by atoms with Gasteiger partial charge in [0.2, 0.25) is 5.91 Å². The summed E-state index contributed by atoms with van der Waals surface area (Å²) in [6, 6.07) is 6.21. The van der Waals surface area contributed by atoms with Crippen LogP contribution in [0.1, 0.15) is 26.0 Å². The van der Waals surface area contributed by atoms with Gasteiger partial charge < -0.3 is 4.57 Å². The van der Waals surface area contributed by atoms with Gasteiger partial charge in [0.25, 0.3) is 0 Å². The van der Waals surface area contributed by atoms with Crippen LogP contribution in [-0.2, 0) is 17.1 Å². The Hall–Kier alpha value is -2.19. The molecule has 0 spiro atoms. The number of thioether (sulfide) groups is 1. The Balaban J connectivity index is 1.76. The summed E-state index contributed by atoms with van der Waals surface area (Å²) in [6.45, 7) is 4.46. The highest BCUT2D eigenvalue weighted by Crippen LogP contribution is 2.32. The number of benzene rings is 1. The number of halogens is 1. The Labute approximate surface area is 159 Å². The number of aryl methyl sites for hydroxylation is 1. The van der Waals surface area contributed by atoms with E-state index in [1.165, 1.54) is 29.2 Å². The normalized spacial score (nSPS) is 10.9. The monoisotopic (exact) mass is 390 g/mol. The lowest BCUT2D eigenvalue weighted by atomic mass is 10.3. The van der Waals surface area contributed by atoms with Crippen LogP contribution in [0.2, 0.25) is 0 Å². The third-order valence-corrected chi connectivity index (χ3v) is 5.54. The van der Waals surface area contributed by atoms with Crippen molar-refractivity contribution >= 4 is 39.8 Å². The largest absolute Gasteiger partial charge is 0.326 e. The maximum absolute atomic E-state index is 14.1. The molecule has 0 atom stereocenters. The second-order valence-corrected chi connectivity index (χ2v) is 7.40. The lowest BCUT2D eigenvalue weighted by Crippen LogP contribution is -2.23. The number of para-hydroxylation sites is 1. The molecule has 0 saturated heterocycles. The van der Waals surface area contributed by atoms with Crippen molar-refractivity contribution in [3.63, 3.8) is 0 Å². The highest BCUT2D eigenvalue weighted by molar-refractivity contribution is 7.98. The Morgan fingerprint density at radius 2 is 2.19 bits per heavy atom. The van der Waals surface area contributed by atoms with Crippen molar-refractivity contribution in [3.8, 4) is 0 Å². The van der Waals surface area contributed by atoms with Crippen molar-refractivity contribution in [1.82, 2.24) is 14.5 Å². The molecule has 0 fully saturated rings. The number of imidazole rings is 1. The Morgan fingerprint density at radius 1 is 1.38 bits per heavy atom. The average molecular weight is 391 g/mol. The molecule has 3 aromatic rings. The Bertz CT molecular complexity index is 893. The van der Waals surface area contributed by atoms with E-state index in [4.69, 9.17) is 0 Å². The first-order valence-electron chi connectivity index (χ1n) is 8.23. The molecule has 0 aliphatic carbocycles. The minimum atomic E-state index is -0.449. The lowest BCUT2D eigenvalue weighted by Gasteiger charge is -2.18. The highest BCUT2D eigenvalue weighted by atomic mass is 32.2. The second kappa shape index (κ2) is 8.46. The molecule has 1 aromatic carbocycles. The lowest BCUT2D eigenvalue weighted by molar-refractivity contribution is -0.115. The topological polar surface area (TPSA) is 51.0 Å². The second-order valence-electron chi connectivity index (χ2n) is 5.62. The molecular formula is C18H19FN4OS2. The third kappa shape index (κ3) is 4.13. The van der Waals surface area contributed by atoms with Gasteiger partial charge in [0.15, 0.2) is 10.3 Å². The van der Waals surface area contributed by atoms with Crippen LogP contribution in [0.25, 0.3) is 0 Å². The van der Waals surface area contributed by atoms with Crippen LogP contribution < -0.4 is 4.90 Å². The Morgan fingerprint density at radius 3 is 2.92 bits per heavy atom. The summed E-state index contributed by atoms with van der Waals surface area (Å²) in [5.41, 5.74) is 1.05.